The van der Waals surface area contributed by atoms with Gasteiger partial charge in [0.25, 0.3) is 5.91 Å². The lowest BCUT2D eigenvalue weighted by molar-refractivity contribution is -0.136. The summed E-state index contributed by atoms with van der Waals surface area (Å²) in [6, 6.07) is 5.34. The molecule has 3 atom stereocenters. The summed E-state index contributed by atoms with van der Waals surface area (Å²) >= 11 is 0. The Balaban J connectivity index is 1.23. The molecule has 0 radical (unpaired) electrons. The van der Waals surface area contributed by atoms with Crippen molar-refractivity contribution in [2.24, 2.45) is 5.41 Å². The van der Waals surface area contributed by atoms with Gasteiger partial charge in [-0.05, 0) is 67.7 Å². The summed E-state index contributed by atoms with van der Waals surface area (Å²) in [5.74, 6) is -0.0450. The maximum atomic E-state index is 12.9. The Labute approximate surface area is 200 Å². The van der Waals surface area contributed by atoms with Gasteiger partial charge in [-0.1, -0.05) is 13.3 Å². The highest BCUT2D eigenvalue weighted by Crippen LogP contribution is 2.33. The second-order valence-corrected chi connectivity index (χ2v) is 10.6. The molecule has 1 aromatic carbocycles. The standard InChI is InChI=1S/C26H35N3O5/c1-26(10-12-33-13-11-26)16-27-20-4-2-3-5-22(20)34-18-6-7-19-17(14-18)15-29(25(19)32)21-8-9-23(30)28-24(21)31/h6-7,14,20-22,27H,2-5,8-13,15-16H2,1H3,(H,28,30,31)/t20-,21?,22-/m0/s1. The number of carbonyl (C=O) groups excluding carboxylic acids is 3. The van der Waals surface area contributed by atoms with E-state index in [0.29, 0.717) is 24.6 Å². The lowest BCUT2D eigenvalue weighted by Gasteiger charge is -2.38. The van der Waals surface area contributed by atoms with Crippen LogP contribution in [0, 0.1) is 5.41 Å². The van der Waals surface area contributed by atoms with Gasteiger partial charge in [0.2, 0.25) is 11.8 Å². The van der Waals surface area contributed by atoms with Crippen molar-refractivity contribution in [3.05, 3.63) is 29.3 Å². The molecular formula is C26H35N3O5. The van der Waals surface area contributed by atoms with Crippen molar-refractivity contribution in [1.82, 2.24) is 15.5 Å². The first-order valence-corrected chi connectivity index (χ1v) is 12.7. The molecule has 8 heteroatoms. The van der Waals surface area contributed by atoms with Crippen molar-refractivity contribution in [2.75, 3.05) is 19.8 Å². The third-order valence-electron chi connectivity index (χ3n) is 7.98. The molecule has 1 aliphatic carbocycles. The minimum Gasteiger partial charge on any atom is -0.489 e. The molecule has 1 aromatic rings. The average molecular weight is 470 g/mol. The van der Waals surface area contributed by atoms with Crippen LogP contribution >= 0.6 is 0 Å². The zero-order valence-corrected chi connectivity index (χ0v) is 19.9. The molecule has 3 amide bonds. The number of nitrogens with zero attached hydrogens (tertiary/aromatic N) is 1. The normalized spacial score (nSPS) is 29.0. The summed E-state index contributed by atoms with van der Waals surface area (Å²) < 4.78 is 12.0. The number of amides is 3. The van der Waals surface area contributed by atoms with Gasteiger partial charge in [0.05, 0.1) is 0 Å². The summed E-state index contributed by atoms with van der Waals surface area (Å²) in [6.45, 7) is 5.36. The van der Waals surface area contributed by atoms with E-state index in [0.717, 1.165) is 63.2 Å². The molecule has 34 heavy (non-hydrogen) atoms. The van der Waals surface area contributed by atoms with Gasteiger partial charge in [0.1, 0.15) is 17.9 Å². The first-order valence-electron chi connectivity index (χ1n) is 12.7. The Morgan fingerprint density at radius 3 is 2.74 bits per heavy atom. The molecule has 5 rings (SSSR count). The third kappa shape index (κ3) is 4.84. The minimum absolute atomic E-state index is 0.0959. The summed E-state index contributed by atoms with van der Waals surface area (Å²) in [5, 5.41) is 6.16. The van der Waals surface area contributed by atoms with E-state index in [4.69, 9.17) is 9.47 Å². The van der Waals surface area contributed by atoms with Crippen molar-refractivity contribution in [2.45, 2.75) is 83.0 Å². The Kier molecular flexibility index (Phi) is 6.62. The lowest BCUT2D eigenvalue weighted by atomic mass is 9.81. The highest BCUT2D eigenvalue weighted by Gasteiger charge is 2.39. The van der Waals surface area contributed by atoms with Crippen LogP contribution < -0.4 is 15.4 Å². The van der Waals surface area contributed by atoms with Crippen molar-refractivity contribution >= 4 is 17.7 Å². The predicted octanol–water partition coefficient (Wildman–Crippen LogP) is 2.54. The molecular weight excluding hydrogens is 434 g/mol. The third-order valence-corrected chi connectivity index (χ3v) is 7.98. The number of ether oxygens (including phenoxy) is 2. The Morgan fingerprint density at radius 1 is 1.15 bits per heavy atom. The molecule has 3 heterocycles. The zero-order chi connectivity index (χ0) is 23.7. The van der Waals surface area contributed by atoms with Crippen LogP contribution in [0.5, 0.6) is 5.75 Å². The summed E-state index contributed by atoms with van der Waals surface area (Å²) in [6.07, 6.45) is 7.36. The van der Waals surface area contributed by atoms with Gasteiger partial charge in [0, 0.05) is 44.3 Å². The summed E-state index contributed by atoms with van der Waals surface area (Å²) in [7, 11) is 0. The number of imide groups is 1. The fourth-order valence-electron chi connectivity index (χ4n) is 5.69. The van der Waals surface area contributed by atoms with Crippen molar-refractivity contribution in [1.29, 1.82) is 0 Å². The van der Waals surface area contributed by atoms with Crippen LogP contribution in [0.3, 0.4) is 0 Å². The summed E-state index contributed by atoms with van der Waals surface area (Å²) in [5.41, 5.74) is 1.76. The van der Waals surface area contributed by atoms with Crippen LogP contribution in [0.4, 0.5) is 0 Å². The number of rotatable bonds is 6. The molecule has 4 aliphatic rings. The van der Waals surface area contributed by atoms with Gasteiger partial charge >= 0.3 is 0 Å². The molecule has 3 aliphatic heterocycles. The maximum Gasteiger partial charge on any atom is 0.255 e. The number of hydrogen-bond donors (Lipinski definition) is 2. The molecule has 0 aromatic heterocycles. The Morgan fingerprint density at radius 2 is 1.94 bits per heavy atom. The van der Waals surface area contributed by atoms with E-state index < -0.39 is 6.04 Å². The van der Waals surface area contributed by atoms with Gasteiger partial charge < -0.3 is 19.7 Å². The van der Waals surface area contributed by atoms with Gasteiger partial charge in [-0.25, -0.2) is 0 Å². The minimum atomic E-state index is -0.597. The molecule has 1 unspecified atom stereocenters. The van der Waals surface area contributed by atoms with Crippen LogP contribution in [-0.4, -0.2) is 60.6 Å². The molecule has 0 spiro atoms. The molecule has 184 valence electrons. The SMILES string of the molecule is CC1(CN[C@H]2CCCC[C@@H]2Oc2ccc3c(c2)CN(C2CCC(=O)NC2=O)C3=O)CCOCC1. The van der Waals surface area contributed by atoms with Crippen LogP contribution in [-0.2, 0) is 20.9 Å². The second kappa shape index (κ2) is 9.66. The number of hydrogen-bond acceptors (Lipinski definition) is 6. The Hall–Kier alpha value is -2.45. The smallest absolute Gasteiger partial charge is 0.255 e. The van der Waals surface area contributed by atoms with E-state index in [1.807, 2.05) is 18.2 Å². The van der Waals surface area contributed by atoms with Gasteiger partial charge in [-0.15, -0.1) is 0 Å². The monoisotopic (exact) mass is 469 g/mol. The molecule has 8 nitrogen and oxygen atoms in total. The second-order valence-electron chi connectivity index (χ2n) is 10.6. The largest absolute Gasteiger partial charge is 0.489 e. The van der Waals surface area contributed by atoms with E-state index in [9.17, 15) is 14.4 Å². The average Bonchev–Trinajstić information content (AvgIpc) is 3.14. The van der Waals surface area contributed by atoms with Crippen molar-refractivity contribution in [3.63, 3.8) is 0 Å². The highest BCUT2D eigenvalue weighted by atomic mass is 16.5. The number of piperidine rings is 1. The molecule has 2 N–H and O–H groups in total. The van der Waals surface area contributed by atoms with E-state index in [2.05, 4.69) is 17.6 Å². The fourth-order valence-corrected chi connectivity index (χ4v) is 5.69. The predicted molar refractivity (Wildman–Crippen MR) is 125 cm³/mol. The number of carbonyl (C=O) groups is 3. The van der Waals surface area contributed by atoms with Crippen LogP contribution in [0.25, 0.3) is 0 Å². The van der Waals surface area contributed by atoms with E-state index in [1.54, 1.807) is 4.90 Å². The molecule has 2 saturated heterocycles. The molecule has 3 fully saturated rings. The van der Waals surface area contributed by atoms with Gasteiger partial charge in [-0.3, -0.25) is 19.7 Å². The summed E-state index contributed by atoms with van der Waals surface area (Å²) in [4.78, 5) is 38.3. The van der Waals surface area contributed by atoms with Gasteiger partial charge in [-0.2, -0.15) is 0 Å². The quantitative estimate of drug-likeness (QED) is 0.622. The van der Waals surface area contributed by atoms with E-state index in [-0.39, 0.29) is 35.7 Å². The van der Waals surface area contributed by atoms with Crippen molar-refractivity contribution < 1.29 is 23.9 Å². The number of fused-ring (bicyclic) bond motifs is 1. The topological polar surface area (TPSA) is 97.0 Å². The molecule has 0 bridgehead atoms. The highest BCUT2D eigenvalue weighted by molar-refractivity contribution is 6.05. The van der Waals surface area contributed by atoms with Gasteiger partial charge in [0.15, 0.2) is 0 Å². The number of nitrogens with one attached hydrogen (secondary N) is 2. The first kappa shape index (κ1) is 23.3. The van der Waals surface area contributed by atoms with E-state index in [1.165, 1.54) is 6.42 Å². The first-order chi connectivity index (χ1) is 16.4. The fraction of sp³-hybridized carbons (Fsp3) is 0.654. The van der Waals surface area contributed by atoms with Crippen molar-refractivity contribution in [3.8, 4) is 5.75 Å². The maximum absolute atomic E-state index is 12.9. The Bertz CT molecular complexity index is 958. The van der Waals surface area contributed by atoms with E-state index >= 15 is 0 Å². The number of benzene rings is 1. The van der Waals surface area contributed by atoms with Crippen LogP contribution in [0.15, 0.2) is 18.2 Å². The van der Waals surface area contributed by atoms with Crippen LogP contribution in [0.2, 0.25) is 0 Å². The lowest BCUT2D eigenvalue weighted by Crippen LogP contribution is -2.52. The molecule has 1 saturated carbocycles. The zero-order valence-electron chi connectivity index (χ0n) is 19.9. The van der Waals surface area contributed by atoms with Crippen LogP contribution in [0.1, 0.15) is 74.2 Å².